The molecule has 0 saturated carbocycles. The third kappa shape index (κ3) is 4.43. The third-order valence-electron chi connectivity index (χ3n) is 6.88. The van der Waals surface area contributed by atoms with E-state index in [1.807, 2.05) is 0 Å². The molecule has 2 atom stereocenters. The van der Waals surface area contributed by atoms with Gasteiger partial charge in [0.2, 0.25) is 0 Å². The maximum absolute atomic E-state index is 9.40. The predicted molar refractivity (Wildman–Crippen MR) is 115 cm³/mol. The van der Waals surface area contributed by atoms with Gasteiger partial charge in [0.25, 0.3) is 0 Å². The number of nitrogens with zero attached hydrogens (tertiary/aromatic N) is 4. The van der Waals surface area contributed by atoms with Gasteiger partial charge in [-0.3, -0.25) is 9.80 Å². The molecule has 2 saturated heterocycles. The molecule has 28 heavy (non-hydrogen) atoms. The second-order valence-electron chi connectivity index (χ2n) is 8.88. The lowest BCUT2D eigenvalue weighted by molar-refractivity contribution is 0.0212. The van der Waals surface area contributed by atoms with Crippen LogP contribution in [0, 0.1) is 5.92 Å². The molecule has 2 fully saturated rings. The Kier molecular flexibility index (Phi) is 6.36. The van der Waals surface area contributed by atoms with Crippen LogP contribution in [0.4, 0.5) is 0 Å². The Morgan fingerprint density at radius 3 is 2.64 bits per heavy atom. The van der Waals surface area contributed by atoms with Gasteiger partial charge >= 0.3 is 0 Å². The first kappa shape index (κ1) is 19.9. The normalized spacial score (nSPS) is 25.5. The largest absolute Gasteiger partial charge is 0.396 e. The highest BCUT2D eigenvalue weighted by Crippen LogP contribution is 2.28. The first-order valence-electron chi connectivity index (χ1n) is 10.9. The van der Waals surface area contributed by atoms with Crippen LogP contribution in [0.25, 0.3) is 10.9 Å². The Morgan fingerprint density at radius 1 is 1.04 bits per heavy atom. The number of benzene rings is 1. The van der Waals surface area contributed by atoms with Crippen molar-refractivity contribution >= 4 is 10.9 Å². The van der Waals surface area contributed by atoms with E-state index in [0.29, 0.717) is 18.6 Å². The number of aliphatic hydroxyl groups is 1. The molecule has 3 heterocycles. The maximum atomic E-state index is 9.40. The van der Waals surface area contributed by atoms with Crippen LogP contribution in [0.2, 0.25) is 0 Å². The SMILES string of the molecule is CN1CCN([C@H]2CCN(Cc3ccc4ccn(C)c4c3)C[C@H]2CCCO)CC1. The number of aryl methyl sites for hydroxylation is 1. The van der Waals surface area contributed by atoms with Crippen molar-refractivity contribution in [3.05, 3.63) is 36.0 Å². The van der Waals surface area contributed by atoms with E-state index in [1.165, 1.54) is 55.6 Å². The predicted octanol–water partition coefficient (Wildman–Crippen LogP) is 2.39. The van der Waals surface area contributed by atoms with Gasteiger partial charge in [-0.05, 0) is 61.9 Å². The van der Waals surface area contributed by atoms with Crippen LogP contribution < -0.4 is 0 Å². The monoisotopic (exact) mass is 384 g/mol. The minimum Gasteiger partial charge on any atom is -0.396 e. The van der Waals surface area contributed by atoms with Crippen molar-refractivity contribution in [2.45, 2.75) is 31.8 Å². The number of piperidine rings is 1. The number of aromatic nitrogens is 1. The average Bonchev–Trinajstić information content (AvgIpc) is 3.08. The lowest BCUT2D eigenvalue weighted by atomic mass is 9.86. The Balaban J connectivity index is 1.42. The fourth-order valence-electron chi connectivity index (χ4n) is 5.17. The fraction of sp³-hybridized carbons (Fsp3) is 0.652. The van der Waals surface area contributed by atoms with Crippen LogP contribution in [0.1, 0.15) is 24.8 Å². The first-order chi connectivity index (χ1) is 13.6. The molecule has 2 aromatic rings. The van der Waals surface area contributed by atoms with Gasteiger partial charge in [-0.2, -0.15) is 0 Å². The number of aliphatic hydroxyl groups excluding tert-OH is 1. The minimum absolute atomic E-state index is 0.316. The van der Waals surface area contributed by atoms with E-state index in [2.05, 4.69) is 63.8 Å². The molecule has 2 aliphatic rings. The van der Waals surface area contributed by atoms with Gasteiger partial charge in [-0.25, -0.2) is 0 Å². The van der Waals surface area contributed by atoms with E-state index < -0.39 is 0 Å². The molecule has 2 aliphatic heterocycles. The molecule has 0 bridgehead atoms. The Morgan fingerprint density at radius 2 is 1.86 bits per heavy atom. The van der Waals surface area contributed by atoms with E-state index >= 15 is 0 Å². The van der Waals surface area contributed by atoms with Gasteiger partial charge in [0.1, 0.15) is 0 Å². The summed E-state index contributed by atoms with van der Waals surface area (Å²) in [4.78, 5) is 7.81. The van der Waals surface area contributed by atoms with Gasteiger partial charge < -0.3 is 14.6 Å². The molecule has 0 spiro atoms. The van der Waals surface area contributed by atoms with Crippen molar-refractivity contribution in [2.24, 2.45) is 13.0 Å². The maximum Gasteiger partial charge on any atom is 0.0480 e. The van der Waals surface area contributed by atoms with E-state index in [4.69, 9.17) is 0 Å². The highest BCUT2D eigenvalue weighted by atomic mass is 16.2. The summed E-state index contributed by atoms with van der Waals surface area (Å²) in [6, 6.07) is 9.77. The van der Waals surface area contributed by atoms with Gasteiger partial charge in [0.15, 0.2) is 0 Å². The summed E-state index contributed by atoms with van der Waals surface area (Å²) >= 11 is 0. The van der Waals surface area contributed by atoms with Crippen LogP contribution in [0.15, 0.2) is 30.5 Å². The molecule has 1 N–H and O–H groups in total. The van der Waals surface area contributed by atoms with Crippen LogP contribution >= 0.6 is 0 Å². The van der Waals surface area contributed by atoms with Crippen molar-refractivity contribution < 1.29 is 5.11 Å². The van der Waals surface area contributed by atoms with Crippen molar-refractivity contribution in [3.8, 4) is 0 Å². The zero-order chi connectivity index (χ0) is 19.5. The number of hydrogen-bond acceptors (Lipinski definition) is 4. The molecule has 5 nitrogen and oxygen atoms in total. The molecular weight excluding hydrogens is 348 g/mol. The summed E-state index contributed by atoms with van der Waals surface area (Å²) in [6.07, 6.45) is 5.46. The molecule has 154 valence electrons. The molecular formula is C23H36N4O. The molecule has 1 aromatic heterocycles. The van der Waals surface area contributed by atoms with E-state index in [1.54, 1.807) is 0 Å². The average molecular weight is 385 g/mol. The van der Waals surface area contributed by atoms with Gasteiger partial charge in [0, 0.05) is 70.7 Å². The number of rotatable bonds is 6. The standard InChI is InChI=1S/C23H36N4O/c1-24-11-13-27(14-12-24)22-8-10-26(18-21(22)4-3-15-28)17-19-5-6-20-7-9-25(2)23(20)16-19/h5-7,9,16,21-22,28H,3-4,8,10-15,17-18H2,1-2H3/t21-,22+/m1/s1. The lowest BCUT2D eigenvalue weighted by Crippen LogP contribution is -2.56. The van der Waals surface area contributed by atoms with Crippen LogP contribution in [0.3, 0.4) is 0 Å². The summed E-state index contributed by atoms with van der Waals surface area (Å²) in [5.41, 5.74) is 2.73. The topological polar surface area (TPSA) is 34.9 Å². The zero-order valence-corrected chi connectivity index (χ0v) is 17.6. The number of hydrogen-bond donors (Lipinski definition) is 1. The van der Waals surface area contributed by atoms with Crippen molar-refractivity contribution in [1.29, 1.82) is 0 Å². The second kappa shape index (κ2) is 8.95. The third-order valence-corrected chi connectivity index (χ3v) is 6.88. The van der Waals surface area contributed by atoms with E-state index in [9.17, 15) is 5.11 Å². The number of likely N-dealkylation sites (N-methyl/N-ethyl adjacent to an activating group) is 1. The van der Waals surface area contributed by atoms with Crippen LogP contribution in [0.5, 0.6) is 0 Å². The molecule has 0 aliphatic carbocycles. The van der Waals surface area contributed by atoms with Gasteiger partial charge in [0.05, 0.1) is 0 Å². The molecule has 0 unspecified atom stereocenters. The highest BCUT2D eigenvalue weighted by Gasteiger charge is 2.33. The Hall–Kier alpha value is -1.40. The molecule has 1 aromatic carbocycles. The molecule has 4 rings (SSSR count). The smallest absolute Gasteiger partial charge is 0.0480 e. The van der Waals surface area contributed by atoms with Crippen molar-refractivity contribution in [1.82, 2.24) is 19.3 Å². The lowest BCUT2D eigenvalue weighted by Gasteiger charge is -2.46. The summed E-state index contributed by atoms with van der Waals surface area (Å²) in [5, 5.41) is 10.7. The quantitative estimate of drug-likeness (QED) is 0.829. The Bertz CT molecular complexity index is 765. The van der Waals surface area contributed by atoms with E-state index in [0.717, 1.165) is 25.9 Å². The number of likely N-dealkylation sites (tertiary alicyclic amines) is 1. The Labute approximate surface area is 169 Å². The highest BCUT2D eigenvalue weighted by molar-refractivity contribution is 5.80. The molecule has 0 amide bonds. The summed E-state index contributed by atoms with van der Waals surface area (Å²) < 4.78 is 2.21. The van der Waals surface area contributed by atoms with Gasteiger partial charge in [-0.1, -0.05) is 12.1 Å². The fourth-order valence-corrected chi connectivity index (χ4v) is 5.17. The van der Waals surface area contributed by atoms with Crippen LogP contribution in [-0.4, -0.2) is 83.3 Å². The number of fused-ring (bicyclic) bond motifs is 1. The first-order valence-corrected chi connectivity index (χ1v) is 10.9. The zero-order valence-electron chi connectivity index (χ0n) is 17.6. The summed E-state index contributed by atoms with van der Waals surface area (Å²) in [6.45, 7) is 8.44. The van der Waals surface area contributed by atoms with Crippen LogP contribution in [-0.2, 0) is 13.6 Å². The van der Waals surface area contributed by atoms with Gasteiger partial charge in [-0.15, -0.1) is 0 Å². The number of piperazine rings is 1. The van der Waals surface area contributed by atoms with Crippen molar-refractivity contribution in [3.63, 3.8) is 0 Å². The summed E-state index contributed by atoms with van der Waals surface area (Å²) in [7, 11) is 4.35. The second-order valence-corrected chi connectivity index (χ2v) is 8.88. The van der Waals surface area contributed by atoms with Crippen molar-refractivity contribution in [2.75, 3.05) is 52.9 Å². The molecule has 0 radical (unpaired) electrons. The molecule has 5 heteroatoms. The van der Waals surface area contributed by atoms with E-state index in [-0.39, 0.29) is 0 Å². The summed E-state index contributed by atoms with van der Waals surface area (Å²) in [5.74, 6) is 0.670. The minimum atomic E-state index is 0.316.